The summed E-state index contributed by atoms with van der Waals surface area (Å²) in [6.45, 7) is 7.98. The van der Waals surface area contributed by atoms with Crippen molar-refractivity contribution in [1.29, 1.82) is 0 Å². The number of halogens is 2. The zero-order valence-electron chi connectivity index (χ0n) is 14.8. The van der Waals surface area contributed by atoms with Gasteiger partial charge in [0.05, 0.1) is 0 Å². The molecule has 25 heavy (non-hydrogen) atoms. The monoisotopic (exact) mass is 448 g/mol. The fraction of sp³-hybridized carbons (Fsp3) is 0.0909. The minimum absolute atomic E-state index is 0. The van der Waals surface area contributed by atoms with Gasteiger partial charge in [-0.1, -0.05) is 71.8 Å². The zero-order chi connectivity index (χ0) is 16.7. The SMILES string of the molecule is [CH2-]C1C=Cc2ccccc21.[CH2-]C1C=Cc2ccccc21.[CH3-].[CH3-].[Cl][Zr][Cl]. The van der Waals surface area contributed by atoms with E-state index >= 15 is 0 Å². The summed E-state index contributed by atoms with van der Waals surface area (Å²) >= 11 is -0.826. The number of fused-ring (bicyclic) bond motifs is 2. The van der Waals surface area contributed by atoms with E-state index in [9.17, 15) is 0 Å². The summed E-state index contributed by atoms with van der Waals surface area (Å²) in [7, 11) is 9.87. The van der Waals surface area contributed by atoms with Gasteiger partial charge in [-0.3, -0.25) is 0 Å². The van der Waals surface area contributed by atoms with E-state index in [1.807, 2.05) is 0 Å². The molecule has 2 aromatic rings. The van der Waals surface area contributed by atoms with Crippen LogP contribution in [0.5, 0.6) is 0 Å². The third-order valence-electron chi connectivity index (χ3n) is 3.81. The molecule has 0 saturated carbocycles. The van der Waals surface area contributed by atoms with Gasteiger partial charge in [0.15, 0.2) is 0 Å². The fourth-order valence-corrected chi connectivity index (χ4v) is 2.65. The molecule has 134 valence electrons. The number of hydrogen-bond acceptors (Lipinski definition) is 0. The first-order valence-electron chi connectivity index (χ1n) is 7.34. The van der Waals surface area contributed by atoms with Gasteiger partial charge >= 0.3 is 37.9 Å². The van der Waals surface area contributed by atoms with E-state index < -0.39 is 20.8 Å². The quantitative estimate of drug-likeness (QED) is 0.364. The van der Waals surface area contributed by atoms with Crippen LogP contribution in [0.1, 0.15) is 34.1 Å². The summed E-state index contributed by atoms with van der Waals surface area (Å²) in [5.74, 6) is 0.743. The van der Waals surface area contributed by atoms with Crippen LogP contribution in [0.3, 0.4) is 0 Å². The molecule has 0 spiro atoms. The van der Waals surface area contributed by atoms with Gasteiger partial charge < -0.3 is 28.7 Å². The maximum atomic E-state index is 4.93. The Morgan fingerprint density at radius 2 is 1.00 bits per heavy atom. The third-order valence-corrected chi connectivity index (χ3v) is 3.81. The molecule has 0 amide bonds. The van der Waals surface area contributed by atoms with Crippen LogP contribution in [0.4, 0.5) is 0 Å². The van der Waals surface area contributed by atoms with Crippen LogP contribution in [0, 0.1) is 28.7 Å². The molecular weight excluding hydrogens is 426 g/mol. The van der Waals surface area contributed by atoms with Crippen LogP contribution < -0.4 is 0 Å². The van der Waals surface area contributed by atoms with E-state index in [2.05, 4.69) is 86.7 Å². The van der Waals surface area contributed by atoms with Crippen LogP contribution in [-0.4, -0.2) is 0 Å². The van der Waals surface area contributed by atoms with E-state index in [4.69, 9.17) is 17.0 Å². The predicted molar refractivity (Wildman–Crippen MR) is 112 cm³/mol. The molecule has 0 bridgehead atoms. The van der Waals surface area contributed by atoms with Gasteiger partial charge in [-0.25, -0.2) is 0 Å². The molecule has 0 heterocycles. The summed E-state index contributed by atoms with van der Waals surface area (Å²) in [5, 5.41) is 0. The van der Waals surface area contributed by atoms with Gasteiger partial charge in [0.1, 0.15) is 0 Å². The van der Waals surface area contributed by atoms with Gasteiger partial charge in [0.2, 0.25) is 0 Å². The first kappa shape index (κ1) is 24.4. The molecule has 0 N–H and O–H groups in total. The van der Waals surface area contributed by atoms with E-state index in [1.165, 1.54) is 22.3 Å². The summed E-state index contributed by atoms with van der Waals surface area (Å²) < 4.78 is 0. The van der Waals surface area contributed by atoms with E-state index in [1.54, 1.807) is 0 Å². The maximum absolute atomic E-state index is 4.93. The summed E-state index contributed by atoms with van der Waals surface area (Å²) in [5.41, 5.74) is 5.34. The van der Waals surface area contributed by atoms with Gasteiger partial charge in [0.25, 0.3) is 0 Å². The molecule has 2 aliphatic carbocycles. The Balaban J connectivity index is 0.000000374. The fourth-order valence-electron chi connectivity index (χ4n) is 2.65. The second kappa shape index (κ2) is 12.7. The molecular formula is C22H24Cl2Zr-4. The molecule has 0 saturated heterocycles. The molecule has 3 heteroatoms. The number of hydrogen-bond donors (Lipinski definition) is 0. The summed E-state index contributed by atoms with van der Waals surface area (Å²) in [4.78, 5) is 0. The Morgan fingerprint density at radius 1 is 0.680 bits per heavy atom. The average Bonchev–Trinajstić information content (AvgIpc) is 3.14. The van der Waals surface area contributed by atoms with E-state index in [0.717, 1.165) is 0 Å². The third kappa shape index (κ3) is 6.89. The second-order valence-corrected chi connectivity index (χ2v) is 8.99. The normalized spacial score (nSPS) is 17.4. The Labute approximate surface area is 172 Å². The standard InChI is InChI=1S/2C10H9.2CH3.2ClH.Zr/c2*1-8-6-7-9-4-2-3-5-10(8)9;;;;;/h2*2-8H,1H2;2*1H3;2*1H;/q4*-1;;;+2/p-2. The Hall–Kier alpha value is -0.617. The molecule has 0 aliphatic heterocycles. The number of benzene rings is 2. The minimum atomic E-state index is -0.826. The van der Waals surface area contributed by atoms with Crippen LogP contribution in [0.25, 0.3) is 12.2 Å². The molecule has 0 aromatic heterocycles. The molecule has 4 rings (SSSR count). The Morgan fingerprint density at radius 3 is 1.32 bits per heavy atom. The van der Waals surface area contributed by atoms with Crippen LogP contribution in [0.2, 0.25) is 0 Å². The van der Waals surface area contributed by atoms with E-state index in [-0.39, 0.29) is 14.9 Å². The van der Waals surface area contributed by atoms with Gasteiger partial charge in [-0.15, -0.1) is 24.0 Å². The van der Waals surface area contributed by atoms with Crippen molar-refractivity contribution >= 4 is 29.2 Å². The van der Waals surface area contributed by atoms with Crippen molar-refractivity contribution in [3.63, 3.8) is 0 Å². The first-order chi connectivity index (χ1) is 11.2. The molecule has 2 unspecified atom stereocenters. The summed E-state index contributed by atoms with van der Waals surface area (Å²) in [6, 6.07) is 16.7. The van der Waals surface area contributed by atoms with Crippen molar-refractivity contribution in [3.05, 3.63) is 112 Å². The van der Waals surface area contributed by atoms with Crippen molar-refractivity contribution in [1.82, 2.24) is 0 Å². The van der Waals surface area contributed by atoms with Crippen LogP contribution in [0.15, 0.2) is 60.7 Å². The van der Waals surface area contributed by atoms with Crippen molar-refractivity contribution < 1.29 is 20.8 Å². The predicted octanol–water partition coefficient (Wildman–Crippen LogP) is 7.54. The Kier molecular flexibility index (Phi) is 12.4. The van der Waals surface area contributed by atoms with E-state index in [0.29, 0.717) is 11.8 Å². The van der Waals surface area contributed by atoms with Crippen molar-refractivity contribution in [2.24, 2.45) is 0 Å². The van der Waals surface area contributed by atoms with Crippen molar-refractivity contribution in [3.8, 4) is 0 Å². The van der Waals surface area contributed by atoms with Crippen molar-refractivity contribution in [2.75, 3.05) is 0 Å². The molecule has 0 fully saturated rings. The Bertz CT molecular complexity index is 632. The molecule has 2 atom stereocenters. The first-order valence-corrected chi connectivity index (χ1v) is 13.7. The number of allylic oxidation sites excluding steroid dienone is 2. The zero-order valence-corrected chi connectivity index (χ0v) is 18.7. The molecule has 0 radical (unpaired) electrons. The van der Waals surface area contributed by atoms with Gasteiger partial charge in [-0.2, -0.15) is 0 Å². The molecule has 2 aromatic carbocycles. The molecule has 0 nitrogen and oxygen atoms in total. The summed E-state index contributed by atoms with van der Waals surface area (Å²) in [6.07, 6.45) is 8.52. The average molecular weight is 451 g/mol. The van der Waals surface area contributed by atoms with Crippen LogP contribution in [-0.2, 0) is 20.8 Å². The van der Waals surface area contributed by atoms with Crippen molar-refractivity contribution in [2.45, 2.75) is 11.8 Å². The number of rotatable bonds is 0. The topological polar surface area (TPSA) is 0 Å². The second-order valence-electron chi connectivity index (χ2n) is 5.26. The molecule has 2 aliphatic rings. The van der Waals surface area contributed by atoms with Crippen LogP contribution >= 0.6 is 17.0 Å². The van der Waals surface area contributed by atoms with Gasteiger partial charge in [0, 0.05) is 0 Å². The van der Waals surface area contributed by atoms with Gasteiger partial charge in [-0.05, 0) is 11.1 Å².